The van der Waals surface area contributed by atoms with Gasteiger partial charge in [-0.2, -0.15) is 5.26 Å². The summed E-state index contributed by atoms with van der Waals surface area (Å²) < 4.78 is 6.07. The maximum Gasteiger partial charge on any atom is 0.164 e. The molecule has 55 heavy (non-hydrogen) atoms. The molecule has 0 spiro atoms. The quantitative estimate of drug-likeness (QED) is 0.154. The van der Waals surface area contributed by atoms with Crippen LogP contribution in [-0.2, 0) is 0 Å². The molecule has 2 aliphatic rings. The van der Waals surface area contributed by atoms with Gasteiger partial charge in [-0.1, -0.05) is 128 Å². The number of furan rings is 1. The van der Waals surface area contributed by atoms with Crippen molar-refractivity contribution in [1.29, 1.82) is 5.26 Å². The Bertz CT molecular complexity index is 3030. The van der Waals surface area contributed by atoms with Gasteiger partial charge in [-0.3, -0.25) is 0 Å². The molecule has 0 saturated heterocycles. The molecule has 2 aromatic heterocycles. The first-order chi connectivity index (χ1) is 27.1. The third kappa shape index (κ3) is 5.60. The Labute approximate surface area is 318 Å². The second kappa shape index (κ2) is 13.2. The fourth-order valence-electron chi connectivity index (χ4n) is 8.05. The SMILES string of the molecule is C=C/C=C\C=C\c1nc(-c2ccccc2)nc(-c2ccc3ccc4c5c3c2C=CC5CC=C4c2ccc(-c3ccc4oc5ccc(C#N)cc5c4c3)cc2)n1. The van der Waals surface area contributed by atoms with Gasteiger partial charge in [-0.25, -0.2) is 15.0 Å². The molecule has 0 N–H and O–H groups in total. The summed E-state index contributed by atoms with van der Waals surface area (Å²) in [5, 5.41) is 13.9. The summed E-state index contributed by atoms with van der Waals surface area (Å²) in [4.78, 5) is 14.8. The van der Waals surface area contributed by atoms with Crippen molar-refractivity contribution < 1.29 is 4.42 Å². The van der Waals surface area contributed by atoms with Gasteiger partial charge < -0.3 is 4.42 Å². The Kier molecular flexibility index (Phi) is 7.75. The number of hydrogen-bond acceptors (Lipinski definition) is 5. The topological polar surface area (TPSA) is 75.6 Å². The van der Waals surface area contributed by atoms with Crippen LogP contribution in [0.15, 0.2) is 163 Å². The number of nitrogens with zero attached hydrogens (tertiary/aromatic N) is 4. The highest BCUT2D eigenvalue weighted by molar-refractivity contribution is 6.07. The first kappa shape index (κ1) is 32.2. The van der Waals surface area contributed by atoms with Gasteiger partial charge in [-0.15, -0.1) is 0 Å². The summed E-state index contributed by atoms with van der Waals surface area (Å²) in [5.41, 5.74) is 12.6. The molecular weight excluding hydrogens is 673 g/mol. The van der Waals surface area contributed by atoms with Crippen LogP contribution in [0.2, 0.25) is 0 Å². The predicted molar refractivity (Wildman–Crippen MR) is 224 cm³/mol. The second-order valence-electron chi connectivity index (χ2n) is 13.9. The minimum atomic E-state index is 0.288. The lowest BCUT2D eigenvalue weighted by Gasteiger charge is -2.30. The van der Waals surface area contributed by atoms with E-state index in [-0.39, 0.29) is 5.92 Å². The Hall–Kier alpha value is -7.42. The van der Waals surface area contributed by atoms with Crippen LogP contribution in [0.1, 0.15) is 46.0 Å². The van der Waals surface area contributed by atoms with Gasteiger partial charge in [0.15, 0.2) is 17.5 Å². The fraction of sp³-hybridized carbons (Fsp3) is 0.0400. The maximum atomic E-state index is 9.47. The Morgan fingerprint density at radius 3 is 2.25 bits per heavy atom. The largest absolute Gasteiger partial charge is 0.456 e. The van der Waals surface area contributed by atoms with Gasteiger partial charge in [0.25, 0.3) is 0 Å². The van der Waals surface area contributed by atoms with E-state index in [1.165, 1.54) is 33.0 Å². The van der Waals surface area contributed by atoms with Gasteiger partial charge in [0.1, 0.15) is 11.2 Å². The Morgan fingerprint density at radius 2 is 1.44 bits per heavy atom. The van der Waals surface area contributed by atoms with Crippen molar-refractivity contribution >= 4 is 50.4 Å². The number of fused-ring (bicyclic) bond motifs is 3. The van der Waals surface area contributed by atoms with Crippen LogP contribution < -0.4 is 0 Å². The summed E-state index contributed by atoms with van der Waals surface area (Å²) in [7, 11) is 0. The smallest absolute Gasteiger partial charge is 0.164 e. The molecule has 1 unspecified atom stereocenters. The van der Waals surface area contributed by atoms with Gasteiger partial charge >= 0.3 is 0 Å². The third-order valence-corrected chi connectivity index (χ3v) is 10.7. The minimum Gasteiger partial charge on any atom is -0.456 e. The summed E-state index contributed by atoms with van der Waals surface area (Å²) in [5.74, 6) is 2.17. The van der Waals surface area contributed by atoms with Crippen molar-refractivity contribution in [2.45, 2.75) is 12.3 Å². The van der Waals surface area contributed by atoms with Crippen LogP contribution in [-0.4, -0.2) is 15.0 Å². The molecule has 6 aromatic carbocycles. The molecule has 5 heteroatoms. The van der Waals surface area contributed by atoms with Crippen molar-refractivity contribution in [3.8, 4) is 40.0 Å². The second-order valence-corrected chi connectivity index (χ2v) is 13.9. The van der Waals surface area contributed by atoms with Crippen molar-refractivity contribution in [3.05, 3.63) is 192 Å². The molecule has 5 nitrogen and oxygen atoms in total. The van der Waals surface area contributed by atoms with E-state index in [2.05, 4.69) is 91.5 Å². The number of allylic oxidation sites excluding steroid dienone is 6. The highest BCUT2D eigenvalue weighted by Crippen LogP contribution is 2.48. The van der Waals surface area contributed by atoms with Crippen molar-refractivity contribution in [1.82, 2.24) is 15.0 Å². The number of rotatable bonds is 7. The van der Waals surface area contributed by atoms with E-state index in [9.17, 15) is 5.26 Å². The van der Waals surface area contributed by atoms with E-state index in [4.69, 9.17) is 19.4 Å². The van der Waals surface area contributed by atoms with Crippen molar-refractivity contribution in [2.75, 3.05) is 0 Å². The van der Waals surface area contributed by atoms with E-state index in [0.717, 1.165) is 56.2 Å². The molecule has 0 saturated carbocycles. The molecule has 0 bridgehead atoms. The third-order valence-electron chi connectivity index (χ3n) is 10.7. The number of hydrogen-bond donors (Lipinski definition) is 0. The van der Waals surface area contributed by atoms with E-state index >= 15 is 0 Å². The molecule has 0 radical (unpaired) electrons. The molecule has 2 heterocycles. The highest BCUT2D eigenvalue weighted by Gasteiger charge is 2.28. The fourth-order valence-corrected chi connectivity index (χ4v) is 8.05. The average Bonchev–Trinajstić information content (AvgIpc) is 3.61. The molecule has 0 fully saturated rings. The van der Waals surface area contributed by atoms with Crippen LogP contribution in [0.25, 0.3) is 84.3 Å². The van der Waals surface area contributed by atoms with Gasteiger partial charge in [-0.05, 0) is 98.6 Å². The number of nitriles is 1. The molecular formula is C50H32N4O. The molecule has 258 valence electrons. The molecule has 1 atom stereocenters. The molecule has 2 aliphatic carbocycles. The van der Waals surface area contributed by atoms with Crippen LogP contribution >= 0.6 is 0 Å². The number of benzene rings is 6. The highest BCUT2D eigenvalue weighted by atomic mass is 16.3. The van der Waals surface area contributed by atoms with Crippen LogP contribution in [0.5, 0.6) is 0 Å². The van der Waals surface area contributed by atoms with Crippen molar-refractivity contribution in [2.24, 2.45) is 0 Å². The summed E-state index contributed by atoms with van der Waals surface area (Å²) in [6, 6.07) is 41.9. The van der Waals surface area contributed by atoms with E-state index in [1.807, 2.05) is 72.8 Å². The normalized spacial score (nSPS) is 14.6. The number of aromatic nitrogens is 3. The van der Waals surface area contributed by atoms with Gasteiger partial charge in [0.05, 0.1) is 11.6 Å². The summed E-state index contributed by atoms with van der Waals surface area (Å²) >= 11 is 0. The lowest BCUT2D eigenvalue weighted by molar-refractivity contribution is 0.669. The first-order valence-electron chi connectivity index (χ1n) is 18.4. The molecule has 0 aliphatic heterocycles. The molecule has 8 aromatic rings. The van der Waals surface area contributed by atoms with Crippen LogP contribution in [0.3, 0.4) is 0 Å². The molecule has 0 amide bonds. The average molecular weight is 705 g/mol. The van der Waals surface area contributed by atoms with Crippen LogP contribution in [0.4, 0.5) is 0 Å². The van der Waals surface area contributed by atoms with Gasteiger partial charge in [0.2, 0.25) is 0 Å². The summed E-state index contributed by atoms with van der Waals surface area (Å²) in [6.45, 7) is 3.76. The Balaban J connectivity index is 1.04. The lowest BCUT2D eigenvalue weighted by Crippen LogP contribution is -2.11. The minimum absolute atomic E-state index is 0.288. The Morgan fingerprint density at radius 1 is 0.691 bits per heavy atom. The lowest BCUT2D eigenvalue weighted by atomic mass is 9.74. The monoisotopic (exact) mass is 704 g/mol. The van der Waals surface area contributed by atoms with E-state index < -0.39 is 0 Å². The van der Waals surface area contributed by atoms with Crippen molar-refractivity contribution in [3.63, 3.8) is 0 Å². The zero-order valence-corrected chi connectivity index (χ0v) is 29.8. The first-order valence-corrected chi connectivity index (χ1v) is 18.4. The van der Waals surface area contributed by atoms with E-state index in [0.29, 0.717) is 23.0 Å². The predicted octanol–water partition coefficient (Wildman–Crippen LogP) is 12.5. The van der Waals surface area contributed by atoms with Gasteiger partial charge in [0, 0.05) is 27.8 Å². The summed E-state index contributed by atoms with van der Waals surface area (Å²) in [6.07, 6.45) is 17.3. The van der Waals surface area contributed by atoms with Crippen LogP contribution in [0, 0.1) is 11.3 Å². The zero-order valence-electron chi connectivity index (χ0n) is 29.8. The van der Waals surface area contributed by atoms with E-state index in [1.54, 1.807) is 12.1 Å². The molecule has 10 rings (SSSR count). The zero-order chi connectivity index (χ0) is 36.9. The maximum absolute atomic E-state index is 9.47. The standard InChI is InChI=1S/C50H32N4O/c1-2-3-4-8-11-46-52-49(36-9-6-5-7-10-36)54-50(53-46)41-25-20-35-18-23-39-38(22-17-34-19-24-40(41)48(35)47(34)39)33-15-13-32(14-16-33)37-21-27-45-43(29-37)42-28-31(30-51)12-26-44(42)55-45/h2-16,18-29,34H,1,17H2/b4-3-,11-8+.